The molecule has 0 unspecified atom stereocenters. The van der Waals surface area contributed by atoms with Gasteiger partial charge in [-0.25, -0.2) is 0 Å². The maximum atomic E-state index is 13.2. The zero-order valence-electron chi connectivity index (χ0n) is 17.6. The highest BCUT2D eigenvalue weighted by Gasteiger charge is 2.54. The van der Waals surface area contributed by atoms with Crippen molar-refractivity contribution in [1.29, 1.82) is 0 Å². The predicted molar refractivity (Wildman–Crippen MR) is 121 cm³/mol. The van der Waals surface area contributed by atoms with Crippen LogP contribution in [0.5, 0.6) is 0 Å². The van der Waals surface area contributed by atoms with E-state index in [1.54, 1.807) is 4.90 Å². The van der Waals surface area contributed by atoms with Gasteiger partial charge in [-0.1, -0.05) is 18.2 Å². The van der Waals surface area contributed by atoms with Gasteiger partial charge < -0.3 is 15.5 Å². The summed E-state index contributed by atoms with van der Waals surface area (Å²) in [5.74, 6) is 2.04. The number of anilines is 1. The van der Waals surface area contributed by atoms with Crippen LogP contribution in [0.1, 0.15) is 52.4 Å². The number of nitrogens with zero attached hydrogens (tertiary/aromatic N) is 1. The number of amides is 2. The maximum Gasteiger partial charge on any atom is 0.275 e. The third-order valence-corrected chi connectivity index (χ3v) is 8.06. The standard InChI is InChI=1S/C24H29N3O2S/c1-14-15(2)27(19-6-4-3-5-7-19)21(28)20(14)25-23(30)26-22(29)24-11-16-8-17(12-24)10-18(9-16)13-24/h3-7,15-18H,8-13H2,1-2H3,(H2,25,26,29,30)/t15-,16?,17?,18?,24?/m1/s1. The Hall–Kier alpha value is -2.21. The molecule has 5 nitrogen and oxygen atoms in total. The molecule has 4 saturated carbocycles. The molecule has 1 aliphatic heterocycles. The first-order valence-electron chi connectivity index (χ1n) is 11.1. The van der Waals surface area contributed by atoms with Crippen LogP contribution in [0.4, 0.5) is 5.69 Å². The highest BCUT2D eigenvalue weighted by molar-refractivity contribution is 7.80. The second-order valence-electron chi connectivity index (χ2n) is 9.85. The molecule has 2 amide bonds. The summed E-state index contributed by atoms with van der Waals surface area (Å²) < 4.78 is 0. The van der Waals surface area contributed by atoms with Crippen molar-refractivity contribution >= 4 is 34.8 Å². The average Bonchev–Trinajstić information content (AvgIpc) is 2.91. The van der Waals surface area contributed by atoms with E-state index in [0.717, 1.165) is 30.5 Å². The summed E-state index contributed by atoms with van der Waals surface area (Å²) in [7, 11) is 0. The lowest BCUT2D eigenvalue weighted by atomic mass is 9.49. The van der Waals surface area contributed by atoms with E-state index in [4.69, 9.17) is 12.2 Å². The van der Waals surface area contributed by atoms with Crippen LogP contribution in [0.15, 0.2) is 41.6 Å². The molecule has 0 saturated heterocycles. The van der Waals surface area contributed by atoms with Crippen molar-refractivity contribution in [2.75, 3.05) is 4.90 Å². The Morgan fingerprint density at radius 1 is 1.07 bits per heavy atom. The molecule has 30 heavy (non-hydrogen) atoms. The van der Waals surface area contributed by atoms with Gasteiger partial charge in [0.1, 0.15) is 5.70 Å². The first kappa shape index (κ1) is 19.7. The maximum absolute atomic E-state index is 13.2. The number of carbonyl (C=O) groups is 2. The van der Waals surface area contributed by atoms with Gasteiger partial charge in [0, 0.05) is 5.69 Å². The molecule has 4 aliphatic carbocycles. The number of para-hydroxylation sites is 1. The van der Waals surface area contributed by atoms with E-state index < -0.39 is 0 Å². The first-order chi connectivity index (χ1) is 14.4. The van der Waals surface area contributed by atoms with Gasteiger partial charge in [-0.3, -0.25) is 9.59 Å². The largest absolute Gasteiger partial charge is 0.328 e. The van der Waals surface area contributed by atoms with Gasteiger partial charge in [0.15, 0.2) is 5.11 Å². The molecule has 0 spiro atoms. The van der Waals surface area contributed by atoms with Crippen LogP contribution < -0.4 is 15.5 Å². The molecule has 1 heterocycles. The van der Waals surface area contributed by atoms with E-state index in [0.29, 0.717) is 23.5 Å². The number of rotatable bonds is 3. The summed E-state index contributed by atoms with van der Waals surface area (Å²) in [6, 6.07) is 9.57. The zero-order valence-corrected chi connectivity index (χ0v) is 18.4. The molecule has 4 fully saturated rings. The molecular formula is C24H29N3O2S. The van der Waals surface area contributed by atoms with Gasteiger partial charge >= 0.3 is 0 Å². The topological polar surface area (TPSA) is 61.4 Å². The Kier molecular flexibility index (Phi) is 4.73. The van der Waals surface area contributed by atoms with E-state index in [2.05, 4.69) is 10.6 Å². The number of thiocarbonyl (C=S) groups is 1. The van der Waals surface area contributed by atoms with Crippen molar-refractivity contribution < 1.29 is 9.59 Å². The van der Waals surface area contributed by atoms with Crippen molar-refractivity contribution in [2.24, 2.45) is 23.2 Å². The Morgan fingerprint density at radius 2 is 1.63 bits per heavy atom. The molecule has 1 atom stereocenters. The summed E-state index contributed by atoms with van der Waals surface area (Å²) in [6.07, 6.45) is 6.86. The van der Waals surface area contributed by atoms with Crippen molar-refractivity contribution in [2.45, 2.75) is 58.4 Å². The zero-order chi connectivity index (χ0) is 21.0. The van der Waals surface area contributed by atoms with E-state index in [1.807, 2.05) is 44.2 Å². The fourth-order valence-corrected chi connectivity index (χ4v) is 6.91. The molecular weight excluding hydrogens is 394 g/mol. The summed E-state index contributed by atoms with van der Waals surface area (Å²) in [6.45, 7) is 3.95. The second kappa shape index (κ2) is 7.19. The molecule has 0 aromatic heterocycles. The minimum atomic E-state index is -0.257. The number of carbonyl (C=O) groups excluding carboxylic acids is 2. The minimum absolute atomic E-state index is 0.0516. The van der Waals surface area contributed by atoms with Crippen LogP contribution in [0, 0.1) is 23.2 Å². The van der Waals surface area contributed by atoms with E-state index in [1.165, 1.54) is 19.3 Å². The van der Waals surface area contributed by atoms with Crippen molar-refractivity contribution in [1.82, 2.24) is 10.6 Å². The predicted octanol–water partition coefficient (Wildman–Crippen LogP) is 3.90. The molecule has 6 rings (SSSR count). The van der Waals surface area contributed by atoms with Crippen LogP contribution in [0.2, 0.25) is 0 Å². The molecule has 2 N–H and O–H groups in total. The quantitative estimate of drug-likeness (QED) is 0.724. The summed E-state index contributed by atoms with van der Waals surface area (Å²) in [4.78, 5) is 28.1. The van der Waals surface area contributed by atoms with E-state index in [9.17, 15) is 9.59 Å². The first-order valence-corrected chi connectivity index (χ1v) is 11.5. The Morgan fingerprint density at radius 3 is 2.20 bits per heavy atom. The monoisotopic (exact) mass is 423 g/mol. The molecule has 158 valence electrons. The van der Waals surface area contributed by atoms with Gasteiger partial charge in [0.25, 0.3) is 5.91 Å². The summed E-state index contributed by atoms with van der Waals surface area (Å²) >= 11 is 5.47. The van der Waals surface area contributed by atoms with Crippen molar-refractivity contribution in [3.8, 4) is 0 Å². The van der Waals surface area contributed by atoms with Gasteiger partial charge in [0.2, 0.25) is 5.91 Å². The normalized spacial score (nSPS) is 34.5. The number of hydrogen-bond donors (Lipinski definition) is 2. The number of benzene rings is 1. The van der Waals surface area contributed by atoms with Crippen molar-refractivity contribution in [3.05, 3.63) is 41.6 Å². The summed E-state index contributed by atoms with van der Waals surface area (Å²) in [5.41, 5.74) is 2.00. The van der Waals surface area contributed by atoms with E-state index >= 15 is 0 Å². The van der Waals surface area contributed by atoms with Crippen LogP contribution in [-0.2, 0) is 9.59 Å². The molecule has 1 aromatic carbocycles. The van der Waals surface area contributed by atoms with Crippen LogP contribution >= 0.6 is 12.2 Å². The van der Waals surface area contributed by atoms with Gasteiger partial charge in [-0.2, -0.15) is 0 Å². The lowest BCUT2D eigenvalue weighted by Gasteiger charge is -2.55. The molecule has 5 aliphatic rings. The number of nitrogens with one attached hydrogen (secondary N) is 2. The Balaban J connectivity index is 1.28. The fourth-order valence-electron chi connectivity index (χ4n) is 6.72. The molecule has 6 heteroatoms. The van der Waals surface area contributed by atoms with Gasteiger partial charge in [-0.15, -0.1) is 0 Å². The highest BCUT2D eigenvalue weighted by atomic mass is 32.1. The second-order valence-corrected chi connectivity index (χ2v) is 10.3. The van der Waals surface area contributed by atoms with Gasteiger partial charge in [-0.05, 0) is 100 Å². The van der Waals surface area contributed by atoms with Gasteiger partial charge in [0.05, 0.1) is 11.5 Å². The van der Waals surface area contributed by atoms with Crippen molar-refractivity contribution in [3.63, 3.8) is 0 Å². The highest BCUT2D eigenvalue weighted by Crippen LogP contribution is 2.60. The Labute approximate surface area is 183 Å². The SMILES string of the molecule is CC1=C(NC(=S)NC(=O)C23CC4CC(CC(C4)C2)C3)C(=O)N(c2ccccc2)[C@@H]1C. The molecule has 1 aromatic rings. The van der Waals surface area contributed by atoms with Crippen LogP contribution in [-0.4, -0.2) is 23.0 Å². The third-order valence-electron chi connectivity index (χ3n) is 7.86. The lowest BCUT2D eigenvalue weighted by Crippen LogP contribution is -2.55. The average molecular weight is 424 g/mol. The Bertz CT molecular complexity index is 904. The molecule has 0 radical (unpaired) electrons. The van der Waals surface area contributed by atoms with Crippen LogP contribution in [0.25, 0.3) is 0 Å². The smallest absolute Gasteiger partial charge is 0.275 e. The lowest BCUT2D eigenvalue weighted by molar-refractivity contribution is -0.144. The van der Waals surface area contributed by atoms with Crippen LogP contribution in [0.3, 0.4) is 0 Å². The minimum Gasteiger partial charge on any atom is -0.328 e. The third kappa shape index (κ3) is 3.16. The number of hydrogen-bond acceptors (Lipinski definition) is 3. The molecule has 4 bridgehead atoms. The van der Waals surface area contributed by atoms with E-state index in [-0.39, 0.29) is 28.4 Å². The summed E-state index contributed by atoms with van der Waals surface area (Å²) in [5, 5.41) is 6.25. The fraction of sp³-hybridized carbons (Fsp3) is 0.542.